The number of aromatic nitrogens is 2. The van der Waals surface area contributed by atoms with Crippen molar-refractivity contribution in [3.8, 4) is 0 Å². The molecule has 1 aliphatic rings. The molecule has 7 nitrogen and oxygen atoms in total. The third-order valence-electron chi connectivity index (χ3n) is 6.54. The smallest absolute Gasteiger partial charge is 0.410 e. The highest BCUT2D eigenvalue weighted by atomic mass is 32.2. The number of carbonyl (C=O) groups is 1. The third-order valence-corrected chi connectivity index (χ3v) is 13.9. The fraction of sp³-hybridized carbons (Fsp3) is 0.609. The molecular weight excluding hydrogens is 539 g/mol. The van der Waals surface area contributed by atoms with Gasteiger partial charge < -0.3 is 13.9 Å². The Hall–Kier alpha value is -1.05. The van der Waals surface area contributed by atoms with E-state index in [2.05, 4.69) is 49.8 Å². The molecule has 35 heavy (non-hydrogen) atoms. The molecule has 1 saturated heterocycles. The van der Waals surface area contributed by atoms with Gasteiger partial charge in [0, 0.05) is 12.7 Å². The van der Waals surface area contributed by atoms with Gasteiger partial charge in [-0.15, -0.1) is 11.3 Å². The lowest BCUT2D eigenvalue weighted by atomic mass is 10.1. The first-order chi connectivity index (χ1) is 16.4. The Bertz CT molecular complexity index is 1070. The van der Waals surface area contributed by atoms with Crippen LogP contribution in [0.1, 0.15) is 38.2 Å². The van der Waals surface area contributed by atoms with Crippen molar-refractivity contribution >= 4 is 70.7 Å². The minimum Gasteiger partial charge on any atom is -0.467 e. The van der Waals surface area contributed by atoms with E-state index in [1.54, 1.807) is 34.1 Å². The van der Waals surface area contributed by atoms with Crippen molar-refractivity contribution in [1.29, 1.82) is 0 Å². The monoisotopic (exact) mass is 573 g/mol. The molecule has 3 heterocycles. The van der Waals surface area contributed by atoms with Gasteiger partial charge in [0.1, 0.15) is 11.4 Å². The lowest BCUT2D eigenvalue weighted by Crippen LogP contribution is -2.45. The Morgan fingerprint density at radius 1 is 1.43 bits per heavy atom. The van der Waals surface area contributed by atoms with Crippen LogP contribution in [0.3, 0.4) is 0 Å². The molecule has 0 N–H and O–H groups in total. The Morgan fingerprint density at radius 3 is 2.74 bits per heavy atom. The summed E-state index contributed by atoms with van der Waals surface area (Å²) in [6, 6.07) is -0.291. The first-order valence-electron chi connectivity index (χ1n) is 11.4. The summed E-state index contributed by atoms with van der Waals surface area (Å²) in [5.74, 6) is 0. The van der Waals surface area contributed by atoms with Crippen LogP contribution in [0.15, 0.2) is 30.2 Å². The average molecular weight is 574 g/mol. The minimum atomic E-state index is -2.05. The molecule has 0 aliphatic carbocycles. The summed E-state index contributed by atoms with van der Waals surface area (Å²) in [5.41, 5.74) is 0. The molecule has 194 valence electrons. The summed E-state index contributed by atoms with van der Waals surface area (Å²) >= 11 is 10.0. The van der Waals surface area contributed by atoms with Crippen LogP contribution in [0.5, 0.6) is 0 Å². The zero-order valence-electron chi connectivity index (χ0n) is 21.4. The zero-order chi connectivity index (χ0) is 26.0. The van der Waals surface area contributed by atoms with Gasteiger partial charge in [0.25, 0.3) is 0 Å². The summed E-state index contributed by atoms with van der Waals surface area (Å²) in [6.45, 7) is 15.4. The van der Waals surface area contributed by atoms with Gasteiger partial charge in [-0.3, -0.25) is 9.30 Å². The Labute approximate surface area is 227 Å². The Kier molecular flexibility index (Phi) is 9.41. The van der Waals surface area contributed by atoms with Crippen molar-refractivity contribution in [3.05, 3.63) is 29.9 Å². The quantitative estimate of drug-likeness (QED) is 0.151. The number of fused-ring (bicyclic) bond motifs is 1. The van der Waals surface area contributed by atoms with E-state index in [4.69, 9.17) is 26.1 Å². The summed E-state index contributed by atoms with van der Waals surface area (Å²) < 4.78 is 21.0. The molecule has 1 amide bonds. The van der Waals surface area contributed by atoms with Crippen molar-refractivity contribution in [3.63, 3.8) is 0 Å². The Morgan fingerprint density at radius 2 is 2.14 bits per heavy atom. The molecule has 3 atom stereocenters. The maximum Gasteiger partial charge on any atom is 0.410 e. The van der Waals surface area contributed by atoms with E-state index < -0.39 is 20.5 Å². The number of hydrogen-bond acceptors (Lipinski definition) is 9. The van der Waals surface area contributed by atoms with Crippen LogP contribution in [0.4, 0.5) is 4.79 Å². The fourth-order valence-corrected chi connectivity index (χ4v) is 7.06. The number of amides is 1. The second-order valence-electron chi connectivity index (χ2n) is 9.90. The van der Waals surface area contributed by atoms with Gasteiger partial charge in [-0.05, 0) is 49.3 Å². The minimum absolute atomic E-state index is 0.0597. The number of ether oxygens (including phenoxy) is 2. The maximum absolute atomic E-state index is 13.1. The third kappa shape index (κ3) is 6.45. The normalized spacial score (nSPS) is 19.7. The van der Waals surface area contributed by atoms with Crippen LogP contribution in [0.25, 0.3) is 4.83 Å². The molecule has 3 rings (SSSR count). The number of nitrogens with zero attached hydrogens (tertiary/aromatic N) is 3. The zero-order valence-corrected chi connectivity index (χ0v) is 25.7. The lowest BCUT2D eigenvalue weighted by Gasteiger charge is -2.38. The van der Waals surface area contributed by atoms with Gasteiger partial charge in [0.15, 0.2) is 19.6 Å². The van der Waals surface area contributed by atoms with E-state index in [0.29, 0.717) is 17.3 Å². The van der Waals surface area contributed by atoms with Crippen molar-refractivity contribution in [2.45, 2.75) is 68.7 Å². The van der Waals surface area contributed by atoms with E-state index >= 15 is 0 Å². The van der Waals surface area contributed by atoms with E-state index in [1.807, 2.05) is 24.9 Å². The molecule has 2 aromatic heterocycles. The summed E-state index contributed by atoms with van der Waals surface area (Å²) in [4.78, 5) is 21.3. The SMILES string of the molecule is C=CCOC(=O)N1C[C@H](O[Si](C)(C)C(C)(C)C)C[C@H]1C(OC(=S)SC)c1cn2c(SC)ncc2s1. The van der Waals surface area contributed by atoms with Crippen LogP contribution in [-0.4, -0.2) is 70.9 Å². The standard InChI is InChI=1S/C23H35N3O4S4Si/c1-9-10-28-21(27)25-13-15(30-35(7,8)23(2,3)4)11-16(25)19(29-22(31)33-6)17-14-26-18(34-17)12-24-20(26)32-5/h9,12,14-16,19H,1,10-11,13H2,2-8H3/t15-,16+,19?/m1/s1. The van der Waals surface area contributed by atoms with Crippen LogP contribution in [0, 0.1) is 0 Å². The highest BCUT2D eigenvalue weighted by Gasteiger charge is 2.47. The number of hydrogen-bond donors (Lipinski definition) is 0. The first kappa shape index (κ1) is 28.5. The van der Waals surface area contributed by atoms with Crippen LogP contribution >= 0.6 is 47.1 Å². The number of likely N-dealkylation sites (tertiary alicyclic amines) is 1. The molecule has 0 spiro atoms. The van der Waals surface area contributed by atoms with Gasteiger partial charge in [0.05, 0.1) is 23.2 Å². The van der Waals surface area contributed by atoms with E-state index in [9.17, 15) is 4.79 Å². The Balaban J connectivity index is 1.98. The number of thiocarbonyl (C=S) groups is 1. The van der Waals surface area contributed by atoms with Crippen molar-refractivity contribution < 1.29 is 18.7 Å². The van der Waals surface area contributed by atoms with Gasteiger partial charge in [0.2, 0.25) is 4.38 Å². The molecule has 1 aliphatic heterocycles. The van der Waals surface area contributed by atoms with Crippen molar-refractivity contribution in [1.82, 2.24) is 14.3 Å². The summed E-state index contributed by atoms with van der Waals surface area (Å²) in [5, 5.41) is 0.964. The average Bonchev–Trinajstić information content (AvgIpc) is 3.48. The molecule has 0 radical (unpaired) electrons. The first-order valence-corrected chi connectivity index (χ1v) is 18.0. The predicted molar refractivity (Wildman–Crippen MR) is 154 cm³/mol. The highest BCUT2D eigenvalue weighted by molar-refractivity contribution is 8.22. The fourth-order valence-electron chi connectivity index (χ4n) is 3.77. The van der Waals surface area contributed by atoms with E-state index in [0.717, 1.165) is 14.9 Å². The lowest BCUT2D eigenvalue weighted by molar-refractivity contribution is 0.0658. The van der Waals surface area contributed by atoms with Gasteiger partial charge in [-0.25, -0.2) is 9.78 Å². The molecule has 0 bridgehead atoms. The molecular formula is C23H35N3O4S4Si. The molecule has 1 unspecified atom stereocenters. The van der Waals surface area contributed by atoms with Crippen LogP contribution in [0.2, 0.25) is 18.1 Å². The van der Waals surface area contributed by atoms with Gasteiger partial charge in [-0.1, -0.05) is 56.9 Å². The molecule has 0 saturated carbocycles. The second kappa shape index (κ2) is 11.6. The number of thiazole rings is 1. The van der Waals surface area contributed by atoms with Gasteiger partial charge in [-0.2, -0.15) is 0 Å². The highest BCUT2D eigenvalue weighted by Crippen LogP contribution is 2.42. The topological polar surface area (TPSA) is 65.3 Å². The van der Waals surface area contributed by atoms with Crippen molar-refractivity contribution in [2.24, 2.45) is 0 Å². The van der Waals surface area contributed by atoms with Crippen molar-refractivity contribution in [2.75, 3.05) is 25.7 Å². The molecule has 0 aromatic carbocycles. The summed E-state index contributed by atoms with van der Waals surface area (Å²) in [6.07, 6.45) is 9.05. The molecule has 1 fully saturated rings. The number of thioether (sulfide) groups is 2. The predicted octanol–water partition coefficient (Wildman–Crippen LogP) is 6.61. The van der Waals surface area contributed by atoms with E-state index in [1.165, 1.54) is 11.8 Å². The molecule has 2 aromatic rings. The second-order valence-corrected chi connectivity index (χ2v) is 17.9. The van der Waals surface area contributed by atoms with Crippen LogP contribution in [-0.2, 0) is 13.9 Å². The number of imidazole rings is 1. The largest absolute Gasteiger partial charge is 0.467 e. The summed E-state index contributed by atoms with van der Waals surface area (Å²) in [7, 11) is -2.05. The number of carbonyl (C=O) groups excluding carboxylic acids is 1. The number of rotatable bonds is 8. The van der Waals surface area contributed by atoms with Gasteiger partial charge >= 0.3 is 6.09 Å². The molecule has 12 heteroatoms. The van der Waals surface area contributed by atoms with E-state index in [-0.39, 0.29) is 23.8 Å². The maximum atomic E-state index is 13.1. The van der Waals surface area contributed by atoms with Crippen LogP contribution < -0.4 is 0 Å².